The molecule has 3 aliphatic carbocycles. The van der Waals surface area contributed by atoms with Crippen LogP contribution in [0.15, 0.2) is 27.4 Å². The monoisotopic (exact) mass is 567 g/mol. The molecule has 2 unspecified atom stereocenters. The lowest BCUT2D eigenvalue weighted by Crippen LogP contribution is -2.65. The molecule has 1 aromatic carbocycles. The smallest absolute Gasteiger partial charge is 0.255 e. The molecule has 1 saturated carbocycles. The maximum absolute atomic E-state index is 14.2. The average Bonchev–Trinajstić information content (AvgIpc) is 3.26. The molecule has 41 heavy (non-hydrogen) atoms. The van der Waals surface area contributed by atoms with Gasteiger partial charge >= 0.3 is 0 Å². The van der Waals surface area contributed by atoms with Gasteiger partial charge in [-0.3, -0.25) is 19.3 Å². The molecule has 0 aliphatic heterocycles. The fourth-order valence-corrected chi connectivity index (χ4v) is 6.54. The SMILES string of the molecule is CN(C)c1cc2nc(CNC(C)(C)C)oc2c2c1CC1CC3[C@H](N(C)C)C(=O)C(C(N)=O)=C(O)[C@@]3(O)C(=O)C1=C2O. The summed E-state index contributed by atoms with van der Waals surface area (Å²) < 4.78 is 6.11. The molecule has 3 aliphatic rings. The number of carbonyl (C=O) groups is 3. The van der Waals surface area contributed by atoms with Gasteiger partial charge in [-0.15, -0.1) is 0 Å². The van der Waals surface area contributed by atoms with Gasteiger partial charge in [0.05, 0.1) is 18.2 Å². The second kappa shape index (κ2) is 9.40. The first kappa shape index (κ1) is 28.8. The van der Waals surface area contributed by atoms with Crippen LogP contribution in [0.1, 0.15) is 44.2 Å². The number of aliphatic hydroxyl groups excluding tert-OH is 2. The molecule has 1 aromatic heterocycles. The number of primary amides is 1. The molecule has 1 amide bonds. The Morgan fingerprint density at radius 3 is 2.44 bits per heavy atom. The normalized spacial score (nSPS) is 26.4. The van der Waals surface area contributed by atoms with E-state index in [1.165, 1.54) is 4.90 Å². The first-order chi connectivity index (χ1) is 19.0. The van der Waals surface area contributed by atoms with Crippen molar-refractivity contribution in [1.82, 2.24) is 15.2 Å². The summed E-state index contributed by atoms with van der Waals surface area (Å²) in [6, 6.07) is 0.772. The summed E-state index contributed by atoms with van der Waals surface area (Å²) >= 11 is 0. The van der Waals surface area contributed by atoms with Crippen LogP contribution < -0.4 is 16.0 Å². The van der Waals surface area contributed by atoms with E-state index in [0.717, 1.165) is 11.3 Å². The topological polar surface area (TPSA) is 182 Å². The Hall–Kier alpha value is -3.74. The molecule has 0 bridgehead atoms. The summed E-state index contributed by atoms with van der Waals surface area (Å²) in [6.07, 6.45) is 0.377. The number of rotatable bonds is 5. The third kappa shape index (κ3) is 4.23. The van der Waals surface area contributed by atoms with Gasteiger partial charge in [0.25, 0.3) is 5.91 Å². The Balaban J connectivity index is 1.73. The molecule has 6 N–H and O–H groups in total. The minimum atomic E-state index is -2.63. The highest BCUT2D eigenvalue weighted by atomic mass is 16.4. The van der Waals surface area contributed by atoms with E-state index in [2.05, 4.69) is 10.3 Å². The molecule has 2 aromatic rings. The van der Waals surface area contributed by atoms with E-state index in [0.29, 0.717) is 30.0 Å². The first-order valence-corrected chi connectivity index (χ1v) is 13.5. The molecule has 4 atom stereocenters. The molecule has 0 spiro atoms. The molecular weight excluding hydrogens is 530 g/mol. The number of aliphatic hydroxyl groups is 3. The third-order valence-corrected chi connectivity index (χ3v) is 8.37. The Morgan fingerprint density at radius 2 is 1.88 bits per heavy atom. The Morgan fingerprint density at radius 1 is 1.22 bits per heavy atom. The number of likely N-dealkylation sites (N-methyl/N-ethyl adjacent to an activating group) is 1. The fourth-order valence-electron chi connectivity index (χ4n) is 6.54. The second-order valence-electron chi connectivity index (χ2n) is 12.7. The van der Waals surface area contributed by atoms with Gasteiger partial charge in [0, 0.05) is 36.8 Å². The van der Waals surface area contributed by atoms with E-state index in [1.54, 1.807) is 14.1 Å². The lowest BCUT2D eigenvalue weighted by molar-refractivity contribution is -0.153. The predicted octanol–water partition coefficient (Wildman–Crippen LogP) is 1.35. The number of nitrogens with zero attached hydrogens (tertiary/aromatic N) is 3. The zero-order valence-electron chi connectivity index (χ0n) is 24.3. The quantitative estimate of drug-likeness (QED) is 0.329. The van der Waals surface area contributed by atoms with Crippen molar-refractivity contribution in [2.24, 2.45) is 17.6 Å². The molecule has 1 fully saturated rings. The number of fused-ring (bicyclic) bond motifs is 5. The summed E-state index contributed by atoms with van der Waals surface area (Å²) in [5.41, 5.74) is 4.25. The van der Waals surface area contributed by atoms with Crippen LogP contribution in [0.25, 0.3) is 16.9 Å². The number of amides is 1. The van der Waals surface area contributed by atoms with E-state index < -0.39 is 52.3 Å². The average molecular weight is 568 g/mol. The molecule has 0 radical (unpaired) electrons. The highest BCUT2D eigenvalue weighted by Crippen LogP contribution is 2.53. The van der Waals surface area contributed by atoms with Gasteiger partial charge in [0.15, 0.2) is 17.0 Å². The number of oxazole rings is 1. The lowest BCUT2D eigenvalue weighted by Gasteiger charge is -2.50. The van der Waals surface area contributed by atoms with Crippen molar-refractivity contribution in [3.63, 3.8) is 0 Å². The highest BCUT2D eigenvalue weighted by Gasteiger charge is 2.64. The standard InChI is InChI=1S/C29H37N5O7/c1-28(2,3)31-11-17-32-15-10-16(33(4)5)13-8-12-9-14-21(34(6)7)23(36)20(27(30)39)26(38)29(14,40)25(37)18(12)22(35)19(13)24(15)41-17/h10,12,14,21,31,35,38,40H,8-9,11H2,1-7H3,(H2,30,39)/t12?,14?,21-,29-/m0/s1. The van der Waals surface area contributed by atoms with Crippen molar-refractivity contribution < 1.29 is 34.1 Å². The number of carbonyl (C=O) groups excluding carboxylic acids is 3. The van der Waals surface area contributed by atoms with Gasteiger partial charge in [0.2, 0.25) is 11.7 Å². The number of benzene rings is 1. The zero-order valence-corrected chi connectivity index (χ0v) is 24.3. The maximum atomic E-state index is 14.2. The molecule has 12 nitrogen and oxygen atoms in total. The van der Waals surface area contributed by atoms with Crippen molar-refractivity contribution in [1.29, 1.82) is 0 Å². The Kier molecular flexibility index (Phi) is 6.60. The maximum Gasteiger partial charge on any atom is 0.255 e. The van der Waals surface area contributed by atoms with Crippen molar-refractivity contribution in [2.45, 2.75) is 57.3 Å². The van der Waals surface area contributed by atoms with E-state index in [9.17, 15) is 29.7 Å². The van der Waals surface area contributed by atoms with Gasteiger partial charge in [-0.05, 0) is 65.3 Å². The van der Waals surface area contributed by atoms with E-state index in [4.69, 9.17) is 10.2 Å². The number of aromatic nitrogens is 1. The third-order valence-electron chi connectivity index (χ3n) is 8.37. The molecule has 220 valence electrons. The van der Waals surface area contributed by atoms with E-state index in [-0.39, 0.29) is 28.9 Å². The first-order valence-electron chi connectivity index (χ1n) is 13.5. The van der Waals surface area contributed by atoms with Crippen LogP contribution in [-0.4, -0.2) is 88.0 Å². The summed E-state index contributed by atoms with van der Waals surface area (Å²) in [4.78, 5) is 47.6. The van der Waals surface area contributed by atoms with Gasteiger partial charge in [-0.2, -0.15) is 0 Å². The molecule has 12 heteroatoms. The Labute approximate surface area is 237 Å². The Bertz CT molecular complexity index is 1560. The zero-order chi connectivity index (χ0) is 30.3. The summed E-state index contributed by atoms with van der Waals surface area (Å²) in [6.45, 7) is 6.37. The van der Waals surface area contributed by atoms with Gasteiger partial charge in [-0.1, -0.05) is 0 Å². The van der Waals surface area contributed by atoms with Crippen LogP contribution in [0.4, 0.5) is 5.69 Å². The number of hydrogen-bond donors (Lipinski definition) is 5. The van der Waals surface area contributed by atoms with Gasteiger partial charge in [-0.25, -0.2) is 4.98 Å². The van der Waals surface area contributed by atoms with Crippen LogP contribution in [0.3, 0.4) is 0 Å². The van der Waals surface area contributed by atoms with Crippen molar-refractivity contribution >= 4 is 40.0 Å². The van der Waals surface area contributed by atoms with Crippen molar-refractivity contribution in [2.75, 3.05) is 33.1 Å². The predicted molar refractivity (Wildman–Crippen MR) is 151 cm³/mol. The molecule has 5 rings (SSSR count). The minimum Gasteiger partial charge on any atom is -0.508 e. The number of anilines is 1. The van der Waals surface area contributed by atoms with Gasteiger partial charge in [0.1, 0.15) is 22.6 Å². The summed E-state index contributed by atoms with van der Waals surface area (Å²) in [5.74, 6) is -5.72. The van der Waals surface area contributed by atoms with E-state index in [1.807, 2.05) is 45.8 Å². The molecule has 0 saturated heterocycles. The van der Waals surface area contributed by atoms with Crippen molar-refractivity contribution in [3.05, 3.63) is 40.0 Å². The van der Waals surface area contributed by atoms with Crippen LogP contribution in [0, 0.1) is 11.8 Å². The number of nitrogens with one attached hydrogen (secondary N) is 1. The van der Waals surface area contributed by atoms with Crippen LogP contribution >= 0.6 is 0 Å². The number of ketones is 2. The van der Waals surface area contributed by atoms with Crippen molar-refractivity contribution in [3.8, 4) is 0 Å². The van der Waals surface area contributed by atoms with Crippen LogP contribution in [0.2, 0.25) is 0 Å². The van der Waals surface area contributed by atoms with E-state index >= 15 is 0 Å². The largest absolute Gasteiger partial charge is 0.508 e. The minimum absolute atomic E-state index is 0.0772. The number of Topliss-reactive ketones (excluding diaryl/α,β-unsaturated/α-hetero) is 2. The fraction of sp³-hybridized carbons (Fsp3) is 0.517. The second-order valence-corrected chi connectivity index (χ2v) is 12.7. The van der Waals surface area contributed by atoms with Crippen LogP contribution in [-0.2, 0) is 27.3 Å². The summed E-state index contributed by atoms with van der Waals surface area (Å²) in [7, 11) is 6.90. The van der Waals surface area contributed by atoms with Crippen LogP contribution in [0.5, 0.6) is 0 Å². The number of nitrogens with two attached hydrogens (primary N) is 1. The lowest BCUT2D eigenvalue weighted by atomic mass is 9.57. The number of hydrogen-bond acceptors (Lipinski definition) is 11. The molecular formula is C29H37N5O7. The molecule has 1 heterocycles. The van der Waals surface area contributed by atoms with Gasteiger partial charge < -0.3 is 35.7 Å². The highest BCUT2D eigenvalue weighted by molar-refractivity contribution is 6.24. The summed E-state index contributed by atoms with van der Waals surface area (Å²) in [5, 5.41) is 38.0.